The highest BCUT2D eigenvalue weighted by Crippen LogP contribution is 2.27. The van der Waals surface area contributed by atoms with E-state index in [1.165, 1.54) is 4.31 Å². The van der Waals surface area contributed by atoms with Crippen LogP contribution in [0.1, 0.15) is 18.4 Å². The van der Waals surface area contributed by atoms with Crippen molar-refractivity contribution in [3.8, 4) is 0 Å². The molecule has 0 radical (unpaired) electrons. The molecule has 0 saturated carbocycles. The van der Waals surface area contributed by atoms with E-state index < -0.39 is 10.0 Å². The largest absolute Gasteiger partial charge is 0.381 e. The zero-order chi connectivity index (χ0) is 15.5. The minimum absolute atomic E-state index is 0.158. The molecule has 1 aromatic carbocycles. The summed E-state index contributed by atoms with van der Waals surface area (Å²) in [7, 11) is -1.74. The van der Waals surface area contributed by atoms with Crippen LogP contribution in [0.4, 0.5) is 0 Å². The Morgan fingerprint density at radius 2 is 1.95 bits per heavy atom. The molecule has 7 heteroatoms. The van der Waals surface area contributed by atoms with Crippen LogP contribution in [-0.4, -0.2) is 38.7 Å². The number of hydrogen-bond donors (Lipinski definition) is 0. The minimum Gasteiger partial charge on any atom is -0.381 e. The van der Waals surface area contributed by atoms with Crippen molar-refractivity contribution >= 4 is 33.2 Å². The SMILES string of the molecule is CN(Cc1cccc(Cl)c1Cl)S(=O)(=O)CC1CCOCC1. The third kappa shape index (κ3) is 4.57. The molecule has 0 bridgehead atoms. The fourth-order valence-electron chi connectivity index (χ4n) is 2.35. The predicted octanol–water partition coefficient (Wildman–Crippen LogP) is 3.18. The van der Waals surface area contributed by atoms with Crippen molar-refractivity contribution in [3.05, 3.63) is 33.8 Å². The van der Waals surface area contributed by atoms with Gasteiger partial charge in [-0.2, -0.15) is 0 Å². The van der Waals surface area contributed by atoms with E-state index in [9.17, 15) is 8.42 Å². The van der Waals surface area contributed by atoms with Gasteiger partial charge in [0, 0.05) is 26.8 Å². The first-order valence-electron chi connectivity index (χ1n) is 6.85. The van der Waals surface area contributed by atoms with E-state index in [2.05, 4.69) is 0 Å². The maximum atomic E-state index is 12.4. The van der Waals surface area contributed by atoms with E-state index in [1.54, 1.807) is 25.2 Å². The van der Waals surface area contributed by atoms with Gasteiger partial charge in [0.25, 0.3) is 0 Å². The van der Waals surface area contributed by atoms with Crippen molar-refractivity contribution in [1.82, 2.24) is 4.31 Å². The molecule has 0 amide bonds. The minimum atomic E-state index is -3.31. The second kappa shape index (κ2) is 7.29. The molecule has 21 heavy (non-hydrogen) atoms. The van der Waals surface area contributed by atoms with Gasteiger partial charge in [0.2, 0.25) is 10.0 Å². The van der Waals surface area contributed by atoms with Crippen LogP contribution in [0.25, 0.3) is 0 Å². The number of nitrogens with zero attached hydrogens (tertiary/aromatic N) is 1. The summed E-state index contributed by atoms with van der Waals surface area (Å²) in [6, 6.07) is 5.24. The monoisotopic (exact) mass is 351 g/mol. The standard InChI is InChI=1S/C14H19Cl2NO3S/c1-17(9-12-3-2-4-13(15)14(12)16)21(18,19)10-11-5-7-20-8-6-11/h2-4,11H,5-10H2,1H3. The average Bonchev–Trinajstić information content (AvgIpc) is 2.44. The molecular formula is C14H19Cl2NO3S. The van der Waals surface area contributed by atoms with E-state index in [-0.39, 0.29) is 18.2 Å². The third-order valence-electron chi connectivity index (χ3n) is 3.69. The van der Waals surface area contributed by atoms with E-state index in [0.717, 1.165) is 12.8 Å². The molecular weight excluding hydrogens is 333 g/mol. The van der Waals surface area contributed by atoms with Gasteiger partial charge in [-0.05, 0) is 30.4 Å². The number of halogens is 2. The summed E-state index contributed by atoms with van der Waals surface area (Å²) in [5.41, 5.74) is 0.710. The van der Waals surface area contributed by atoms with E-state index in [0.29, 0.717) is 28.8 Å². The lowest BCUT2D eigenvalue weighted by molar-refractivity contribution is 0.0721. The lowest BCUT2D eigenvalue weighted by Crippen LogP contribution is -2.33. The van der Waals surface area contributed by atoms with Crippen LogP contribution in [0.5, 0.6) is 0 Å². The first-order valence-corrected chi connectivity index (χ1v) is 9.21. The van der Waals surface area contributed by atoms with Crippen LogP contribution in [0.3, 0.4) is 0 Å². The van der Waals surface area contributed by atoms with Crippen molar-refractivity contribution in [2.24, 2.45) is 5.92 Å². The summed E-state index contributed by atoms with van der Waals surface area (Å²) in [5, 5.41) is 0.844. The Hall–Kier alpha value is -0.330. The lowest BCUT2D eigenvalue weighted by Gasteiger charge is -2.25. The molecule has 4 nitrogen and oxygen atoms in total. The van der Waals surface area contributed by atoms with Gasteiger partial charge in [0.15, 0.2) is 0 Å². The molecule has 1 saturated heterocycles. The van der Waals surface area contributed by atoms with Crippen LogP contribution in [0.2, 0.25) is 10.0 Å². The molecule has 1 fully saturated rings. The molecule has 1 heterocycles. The van der Waals surface area contributed by atoms with Gasteiger partial charge in [0.1, 0.15) is 0 Å². The summed E-state index contributed by atoms with van der Waals surface area (Å²) in [6.45, 7) is 1.51. The number of hydrogen-bond acceptors (Lipinski definition) is 3. The van der Waals surface area contributed by atoms with Crippen LogP contribution in [0, 0.1) is 5.92 Å². The molecule has 0 atom stereocenters. The highest BCUT2D eigenvalue weighted by molar-refractivity contribution is 7.89. The topological polar surface area (TPSA) is 46.6 Å². The fraction of sp³-hybridized carbons (Fsp3) is 0.571. The molecule has 0 unspecified atom stereocenters. The second-order valence-corrected chi connectivity index (χ2v) is 8.21. The van der Waals surface area contributed by atoms with Crippen molar-refractivity contribution in [2.75, 3.05) is 26.0 Å². The Balaban J connectivity index is 2.04. The van der Waals surface area contributed by atoms with Gasteiger partial charge < -0.3 is 4.74 Å². The molecule has 1 aromatic rings. The Morgan fingerprint density at radius 1 is 1.29 bits per heavy atom. The molecule has 118 valence electrons. The van der Waals surface area contributed by atoms with Crippen LogP contribution >= 0.6 is 23.2 Å². The summed E-state index contributed by atoms with van der Waals surface area (Å²) in [4.78, 5) is 0. The van der Waals surface area contributed by atoms with Crippen molar-refractivity contribution in [3.63, 3.8) is 0 Å². The van der Waals surface area contributed by atoms with Gasteiger partial charge in [-0.15, -0.1) is 0 Å². The summed E-state index contributed by atoms with van der Waals surface area (Å²) >= 11 is 12.1. The smallest absolute Gasteiger partial charge is 0.214 e. The van der Waals surface area contributed by atoms with Gasteiger partial charge in [-0.25, -0.2) is 12.7 Å². The van der Waals surface area contributed by atoms with Crippen molar-refractivity contribution in [2.45, 2.75) is 19.4 Å². The zero-order valence-corrected chi connectivity index (χ0v) is 14.2. The first kappa shape index (κ1) is 17.0. The maximum absolute atomic E-state index is 12.4. The van der Waals surface area contributed by atoms with E-state index in [4.69, 9.17) is 27.9 Å². The molecule has 0 spiro atoms. The molecule has 0 aromatic heterocycles. The number of sulfonamides is 1. The quantitative estimate of drug-likeness (QED) is 0.818. The lowest BCUT2D eigenvalue weighted by atomic mass is 10.0. The average molecular weight is 352 g/mol. The van der Waals surface area contributed by atoms with Crippen LogP contribution < -0.4 is 0 Å². The van der Waals surface area contributed by atoms with Crippen molar-refractivity contribution in [1.29, 1.82) is 0 Å². The zero-order valence-electron chi connectivity index (χ0n) is 11.9. The van der Waals surface area contributed by atoms with Crippen LogP contribution in [-0.2, 0) is 21.3 Å². The van der Waals surface area contributed by atoms with E-state index in [1.807, 2.05) is 0 Å². The van der Waals surface area contributed by atoms with Gasteiger partial charge >= 0.3 is 0 Å². The fourth-order valence-corrected chi connectivity index (χ4v) is 4.25. The normalized spacial score (nSPS) is 17.3. The first-order chi connectivity index (χ1) is 9.90. The predicted molar refractivity (Wildman–Crippen MR) is 85.3 cm³/mol. The van der Waals surface area contributed by atoms with Gasteiger partial charge in [0.05, 0.1) is 15.8 Å². The molecule has 0 aliphatic carbocycles. The van der Waals surface area contributed by atoms with Gasteiger partial charge in [-0.1, -0.05) is 35.3 Å². The Bertz CT molecular complexity index is 586. The number of ether oxygens (including phenoxy) is 1. The van der Waals surface area contributed by atoms with E-state index >= 15 is 0 Å². The summed E-state index contributed by atoms with van der Waals surface area (Å²) < 4.78 is 31.4. The highest BCUT2D eigenvalue weighted by Gasteiger charge is 2.25. The summed E-state index contributed by atoms with van der Waals surface area (Å²) in [6.07, 6.45) is 1.59. The van der Waals surface area contributed by atoms with Crippen LogP contribution in [0.15, 0.2) is 18.2 Å². The Kier molecular flexibility index (Phi) is 5.91. The van der Waals surface area contributed by atoms with Gasteiger partial charge in [-0.3, -0.25) is 0 Å². The molecule has 2 rings (SSSR count). The number of rotatable bonds is 5. The Morgan fingerprint density at radius 3 is 2.62 bits per heavy atom. The second-order valence-electron chi connectivity index (χ2n) is 5.30. The molecule has 1 aliphatic heterocycles. The number of benzene rings is 1. The molecule has 1 aliphatic rings. The summed E-state index contributed by atoms with van der Waals surface area (Å²) in [5.74, 6) is 0.325. The Labute approximate surface area is 136 Å². The molecule has 0 N–H and O–H groups in total. The maximum Gasteiger partial charge on any atom is 0.214 e. The van der Waals surface area contributed by atoms with Crippen molar-refractivity contribution < 1.29 is 13.2 Å². The third-order valence-corrected chi connectivity index (χ3v) is 6.52. The highest BCUT2D eigenvalue weighted by atomic mass is 35.5.